The molecular formula is C17H9Br2Cl2NO3S. The van der Waals surface area contributed by atoms with Gasteiger partial charge in [0.05, 0.1) is 20.4 Å². The Labute approximate surface area is 180 Å². The third-order valence-electron chi connectivity index (χ3n) is 3.55. The first-order valence-corrected chi connectivity index (χ1v) is 10.3. The number of phenols is 1. The maximum absolute atomic E-state index is 12.6. The number of imide groups is 1. The van der Waals surface area contributed by atoms with Gasteiger partial charge in [0.1, 0.15) is 5.75 Å². The molecule has 0 spiro atoms. The molecule has 1 fully saturated rings. The SMILES string of the molecule is O=C1S/C(=C\c2cc(Br)c(O)c(Br)c2)C(=O)N1Cc1ccc(Cl)cc1Cl. The molecule has 2 aromatic carbocycles. The van der Waals surface area contributed by atoms with Gasteiger partial charge in [-0.3, -0.25) is 14.5 Å². The van der Waals surface area contributed by atoms with Gasteiger partial charge in [0, 0.05) is 10.0 Å². The van der Waals surface area contributed by atoms with Gasteiger partial charge in [0.2, 0.25) is 0 Å². The Morgan fingerprint density at radius 2 is 1.77 bits per heavy atom. The second kappa shape index (κ2) is 7.94. The summed E-state index contributed by atoms with van der Waals surface area (Å²) in [4.78, 5) is 26.3. The predicted molar refractivity (Wildman–Crippen MR) is 111 cm³/mol. The van der Waals surface area contributed by atoms with E-state index in [1.54, 1.807) is 36.4 Å². The van der Waals surface area contributed by atoms with Crippen molar-refractivity contribution in [2.45, 2.75) is 6.54 Å². The molecule has 0 unspecified atom stereocenters. The maximum Gasteiger partial charge on any atom is 0.293 e. The molecule has 134 valence electrons. The van der Waals surface area contributed by atoms with E-state index in [0.717, 1.165) is 16.7 Å². The van der Waals surface area contributed by atoms with Crippen molar-refractivity contribution in [2.75, 3.05) is 0 Å². The summed E-state index contributed by atoms with van der Waals surface area (Å²) in [6.45, 7) is 0.0704. The molecule has 4 nitrogen and oxygen atoms in total. The third kappa shape index (κ3) is 4.12. The van der Waals surface area contributed by atoms with Gasteiger partial charge in [-0.25, -0.2) is 0 Å². The number of carbonyl (C=O) groups is 2. The molecule has 3 rings (SSSR count). The normalized spacial score (nSPS) is 16.0. The monoisotopic (exact) mass is 535 g/mol. The second-order valence-electron chi connectivity index (χ2n) is 5.34. The number of amides is 2. The van der Waals surface area contributed by atoms with Crippen molar-refractivity contribution in [3.05, 3.63) is 65.4 Å². The van der Waals surface area contributed by atoms with Crippen LogP contribution >= 0.6 is 66.8 Å². The fourth-order valence-electron chi connectivity index (χ4n) is 2.28. The lowest BCUT2D eigenvalue weighted by Gasteiger charge is -2.13. The summed E-state index contributed by atoms with van der Waals surface area (Å²) in [6.07, 6.45) is 1.60. The molecule has 1 aliphatic heterocycles. The molecule has 0 bridgehead atoms. The van der Waals surface area contributed by atoms with E-state index in [0.29, 0.717) is 35.0 Å². The van der Waals surface area contributed by atoms with Gasteiger partial charge in [-0.2, -0.15) is 0 Å². The van der Waals surface area contributed by atoms with Crippen LogP contribution in [0.15, 0.2) is 44.2 Å². The molecule has 2 amide bonds. The first-order chi connectivity index (χ1) is 12.3. The Morgan fingerprint density at radius 3 is 2.38 bits per heavy atom. The zero-order chi connectivity index (χ0) is 19.0. The molecule has 1 saturated heterocycles. The van der Waals surface area contributed by atoms with Crippen LogP contribution in [0.3, 0.4) is 0 Å². The molecule has 0 aliphatic carbocycles. The van der Waals surface area contributed by atoms with Gasteiger partial charge < -0.3 is 5.11 Å². The summed E-state index contributed by atoms with van der Waals surface area (Å²) in [5.41, 5.74) is 1.30. The van der Waals surface area contributed by atoms with Crippen molar-refractivity contribution < 1.29 is 14.7 Å². The molecule has 0 radical (unpaired) electrons. The number of aromatic hydroxyl groups is 1. The van der Waals surface area contributed by atoms with E-state index < -0.39 is 5.91 Å². The number of nitrogens with zero attached hydrogens (tertiary/aromatic N) is 1. The second-order valence-corrected chi connectivity index (χ2v) is 8.88. The van der Waals surface area contributed by atoms with Crippen molar-refractivity contribution >= 4 is 84.0 Å². The zero-order valence-electron chi connectivity index (χ0n) is 12.8. The Hall–Kier alpha value is -0.990. The van der Waals surface area contributed by atoms with E-state index in [1.165, 1.54) is 0 Å². The van der Waals surface area contributed by atoms with E-state index in [2.05, 4.69) is 31.9 Å². The van der Waals surface area contributed by atoms with E-state index in [-0.39, 0.29) is 17.5 Å². The number of benzene rings is 2. The average molecular weight is 538 g/mol. The summed E-state index contributed by atoms with van der Waals surface area (Å²) in [5.74, 6) is -0.334. The van der Waals surface area contributed by atoms with Crippen LogP contribution in [-0.2, 0) is 11.3 Å². The highest BCUT2D eigenvalue weighted by Crippen LogP contribution is 2.37. The van der Waals surface area contributed by atoms with Gasteiger partial charge in [0.15, 0.2) is 0 Å². The van der Waals surface area contributed by atoms with Gasteiger partial charge in [0.25, 0.3) is 11.1 Å². The van der Waals surface area contributed by atoms with Crippen LogP contribution in [0, 0.1) is 0 Å². The Bertz CT molecular complexity index is 942. The third-order valence-corrected chi connectivity index (χ3v) is 6.26. The fraction of sp³-hybridized carbons (Fsp3) is 0.0588. The number of thioether (sulfide) groups is 1. The molecule has 2 aromatic rings. The Kier molecular flexibility index (Phi) is 6.04. The lowest BCUT2D eigenvalue weighted by Crippen LogP contribution is -2.27. The van der Waals surface area contributed by atoms with Crippen LogP contribution in [0.1, 0.15) is 11.1 Å². The van der Waals surface area contributed by atoms with Crippen molar-refractivity contribution in [3.63, 3.8) is 0 Å². The van der Waals surface area contributed by atoms with Crippen LogP contribution in [-0.4, -0.2) is 21.2 Å². The number of hydrogen-bond donors (Lipinski definition) is 1. The summed E-state index contributed by atoms with van der Waals surface area (Å²) in [5, 5.41) is 10.3. The highest BCUT2D eigenvalue weighted by atomic mass is 79.9. The topological polar surface area (TPSA) is 57.6 Å². The Balaban J connectivity index is 1.87. The van der Waals surface area contributed by atoms with Crippen molar-refractivity contribution in [2.24, 2.45) is 0 Å². The highest BCUT2D eigenvalue weighted by Gasteiger charge is 2.35. The van der Waals surface area contributed by atoms with Gasteiger partial charge >= 0.3 is 0 Å². The average Bonchev–Trinajstić information content (AvgIpc) is 2.82. The summed E-state index contributed by atoms with van der Waals surface area (Å²) >= 11 is 19.3. The lowest BCUT2D eigenvalue weighted by atomic mass is 10.2. The van der Waals surface area contributed by atoms with Gasteiger partial charge in [-0.15, -0.1) is 0 Å². The minimum absolute atomic E-state index is 0.0626. The molecule has 9 heteroatoms. The molecule has 26 heavy (non-hydrogen) atoms. The molecule has 0 atom stereocenters. The van der Waals surface area contributed by atoms with Gasteiger partial charge in [-0.05, 0) is 85.1 Å². The fourth-order valence-corrected chi connectivity index (χ4v) is 4.80. The predicted octanol–water partition coefficient (Wildman–Crippen LogP) is 6.46. The van der Waals surface area contributed by atoms with Crippen molar-refractivity contribution in [3.8, 4) is 5.75 Å². The van der Waals surface area contributed by atoms with Gasteiger partial charge in [-0.1, -0.05) is 29.3 Å². The van der Waals surface area contributed by atoms with Crippen LogP contribution < -0.4 is 0 Å². The van der Waals surface area contributed by atoms with E-state index in [9.17, 15) is 14.7 Å². The van der Waals surface area contributed by atoms with Crippen molar-refractivity contribution in [1.29, 1.82) is 0 Å². The summed E-state index contributed by atoms with van der Waals surface area (Å²) in [7, 11) is 0. The number of phenolic OH excluding ortho intramolecular Hbond substituents is 1. The maximum atomic E-state index is 12.6. The standard InChI is InChI=1S/C17H9Br2Cl2NO3S/c18-11-3-8(4-12(19)15(11)23)5-14-16(24)22(17(25)26-14)7-9-1-2-10(20)6-13(9)21/h1-6,23H,7H2/b14-5-. The van der Waals surface area contributed by atoms with Crippen molar-refractivity contribution in [1.82, 2.24) is 4.90 Å². The molecule has 0 saturated carbocycles. The first-order valence-electron chi connectivity index (χ1n) is 7.13. The summed E-state index contributed by atoms with van der Waals surface area (Å²) in [6, 6.07) is 8.22. The molecular weight excluding hydrogens is 529 g/mol. The van der Waals surface area contributed by atoms with E-state index in [4.69, 9.17) is 23.2 Å². The smallest absolute Gasteiger partial charge is 0.293 e. The number of halogens is 4. The number of hydrogen-bond acceptors (Lipinski definition) is 4. The van der Waals surface area contributed by atoms with E-state index in [1.807, 2.05) is 0 Å². The Morgan fingerprint density at radius 1 is 1.12 bits per heavy atom. The largest absolute Gasteiger partial charge is 0.506 e. The van der Waals surface area contributed by atoms with Crippen LogP contribution in [0.25, 0.3) is 6.08 Å². The minimum Gasteiger partial charge on any atom is -0.506 e. The molecule has 1 aliphatic rings. The molecule has 1 heterocycles. The highest BCUT2D eigenvalue weighted by molar-refractivity contribution is 9.11. The minimum atomic E-state index is -0.397. The quantitative estimate of drug-likeness (QED) is 0.456. The van der Waals surface area contributed by atoms with Crippen LogP contribution in [0.2, 0.25) is 10.0 Å². The van der Waals surface area contributed by atoms with Crippen LogP contribution in [0.4, 0.5) is 4.79 Å². The lowest BCUT2D eigenvalue weighted by molar-refractivity contribution is -0.123. The molecule has 1 N–H and O–H groups in total. The van der Waals surface area contributed by atoms with Crippen LogP contribution in [0.5, 0.6) is 5.75 Å². The summed E-state index contributed by atoms with van der Waals surface area (Å²) < 4.78 is 0.954. The number of rotatable bonds is 3. The first kappa shape index (κ1) is 19.8. The van der Waals surface area contributed by atoms with E-state index >= 15 is 0 Å². The molecule has 0 aromatic heterocycles. The number of carbonyl (C=O) groups excluding carboxylic acids is 2. The zero-order valence-corrected chi connectivity index (χ0v) is 18.3.